The van der Waals surface area contributed by atoms with E-state index in [1.54, 1.807) is 0 Å². The molecule has 2 rings (SSSR count). The van der Waals surface area contributed by atoms with Crippen LogP contribution in [0.1, 0.15) is 58.1 Å². The molecule has 1 aromatic heterocycles. The van der Waals surface area contributed by atoms with E-state index < -0.39 is 0 Å². The molecule has 3 heteroatoms. The Kier molecular flexibility index (Phi) is 4.81. The lowest BCUT2D eigenvalue weighted by Crippen LogP contribution is -2.23. The van der Waals surface area contributed by atoms with Gasteiger partial charge in [0.25, 0.3) is 0 Å². The van der Waals surface area contributed by atoms with Crippen molar-refractivity contribution in [2.24, 2.45) is 11.8 Å². The summed E-state index contributed by atoms with van der Waals surface area (Å²) in [5, 5.41) is 8.00. The summed E-state index contributed by atoms with van der Waals surface area (Å²) in [6.45, 7) is 8.97. The number of nitrogens with one attached hydrogen (secondary N) is 1. The molecule has 0 bridgehead atoms. The molecule has 0 aromatic carbocycles. The largest absolute Gasteiger partial charge is 0.313 e. The van der Waals surface area contributed by atoms with Crippen molar-refractivity contribution in [2.45, 2.75) is 59.0 Å². The molecule has 0 radical (unpaired) electrons. The quantitative estimate of drug-likeness (QED) is 0.811. The molecular formula is C15H27N3. The van der Waals surface area contributed by atoms with Gasteiger partial charge in [0.1, 0.15) is 0 Å². The first kappa shape index (κ1) is 13.6. The van der Waals surface area contributed by atoms with Crippen LogP contribution in [-0.2, 0) is 6.54 Å². The van der Waals surface area contributed by atoms with Gasteiger partial charge in [0.15, 0.2) is 0 Å². The van der Waals surface area contributed by atoms with Gasteiger partial charge in [-0.1, -0.05) is 20.8 Å². The van der Waals surface area contributed by atoms with Crippen LogP contribution in [0.2, 0.25) is 0 Å². The summed E-state index contributed by atoms with van der Waals surface area (Å²) in [6, 6.07) is 0.615. The minimum Gasteiger partial charge on any atom is -0.313 e. The van der Waals surface area contributed by atoms with Crippen molar-refractivity contribution in [3.05, 3.63) is 18.0 Å². The lowest BCUT2D eigenvalue weighted by Gasteiger charge is -2.31. The second-order valence-corrected chi connectivity index (χ2v) is 6.08. The first-order valence-electron chi connectivity index (χ1n) is 7.42. The Balaban J connectivity index is 1.92. The molecule has 1 N–H and O–H groups in total. The van der Waals surface area contributed by atoms with Crippen molar-refractivity contribution in [3.8, 4) is 0 Å². The Morgan fingerprint density at radius 3 is 2.67 bits per heavy atom. The minimum atomic E-state index is 0.615. The van der Waals surface area contributed by atoms with Gasteiger partial charge in [0.05, 0.1) is 12.2 Å². The van der Waals surface area contributed by atoms with Crippen LogP contribution in [0.25, 0.3) is 0 Å². The molecule has 1 heterocycles. The fourth-order valence-electron chi connectivity index (χ4n) is 3.20. The van der Waals surface area contributed by atoms with E-state index in [1.807, 2.05) is 6.20 Å². The highest BCUT2D eigenvalue weighted by Crippen LogP contribution is 2.35. The lowest BCUT2D eigenvalue weighted by atomic mass is 9.80. The van der Waals surface area contributed by atoms with E-state index in [0.29, 0.717) is 6.04 Å². The monoisotopic (exact) mass is 249 g/mol. The zero-order chi connectivity index (χ0) is 13.0. The van der Waals surface area contributed by atoms with Crippen LogP contribution < -0.4 is 5.32 Å². The predicted molar refractivity (Wildman–Crippen MR) is 75.4 cm³/mol. The molecule has 2 atom stereocenters. The summed E-state index contributed by atoms with van der Waals surface area (Å²) in [5.74, 6) is 1.68. The second kappa shape index (κ2) is 6.37. The molecule has 1 aromatic rings. The Labute approximate surface area is 111 Å². The van der Waals surface area contributed by atoms with Gasteiger partial charge in [-0.15, -0.1) is 0 Å². The molecule has 0 spiro atoms. The van der Waals surface area contributed by atoms with Gasteiger partial charge in [0.2, 0.25) is 0 Å². The molecule has 0 saturated heterocycles. The number of hydrogen-bond donors (Lipinski definition) is 1. The van der Waals surface area contributed by atoms with E-state index in [0.717, 1.165) is 24.9 Å². The van der Waals surface area contributed by atoms with Gasteiger partial charge in [-0.2, -0.15) is 5.10 Å². The van der Waals surface area contributed by atoms with Gasteiger partial charge >= 0.3 is 0 Å². The van der Waals surface area contributed by atoms with Crippen LogP contribution in [0.3, 0.4) is 0 Å². The Bertz CT molecular complexity index is 348. The first-order valence-corrected chi connectivity index (χ1v) is 7.42. The predicted octanol–water partition coefficient (Wildman–Crippen LogP) is 3.38. The van der Waals surface area contributed by atoms with E-state index >= 15 is 0 Å². The Morgan fingerprint density at radius 2 is 2.00 bits per heavy atom. The van der Waals surface area contributed by atoms with E-state index in [-0.39, 0.29) is 0 Å². The molecule has 1 fully saturated rings. The summed E-state index contributed by atoms with van der Waals surface area (Å²) < 4.78 is 2.20. The van der Waals surface area contributed by atoms with Crippen molar-refractivity contribution in [2.75, 3.05) is 6.54 Å². The highest BCUT2D eigenvalue weighted by atomic mass is 15.3. The van der Waals surface area contributed by atoms with Crippen molar-refractivity contribution < 1.29 is 0 Å². The molecule has 1 saturated carbocycles. The summed E-state index contributed by atoms with van der Waals surface area (Å²) in [6.07, 6.45) is 9.39. The molecule has 3 nitrogen and oxygen atoms in total. The van der Waals surface area contributed by atoms with Crippen LogP contribution in [0, 0.1) is 11.8 Å². The van der Waals surface area contributed by atoms with Crippen LogP contribution in [0.4, 0.5) is 0 Å². The standard InChI is InChI=1S/C15H27N3/c1-4-5-16-9-14-10-17-18(11-14)15-7-12(2)6-13(3)8-15/h10-13,15-16H,4-9H2,1-3H3. The SMILES string of the molecule is CCCNCc1cnn(C2CC(C)CC(C)C2)c1. The third kappa shape index (κ3) is 3.58. The maximum absolute atomic E-state index is 4.56. The molecule has 0 amide bonds. The normalized spacial score (nSPS) is 28.5. The van der Waals surface area contributed by atoms with Gasteiger partial charge in [-0.3, -0.25) is 4.68 Å². The molecule has 1 aliphatic rings. The first-order chi connectivity index (χ1) is 8.69. The van der Waals surface area contributed by atoms with Gasteiger partial charge in [-0.05, 0) is 44.1 Å². The topological polar surface area (TPSA) is 29.9 Å². The average Bonchev–Trinajstić information content (AvgIpc) is 2.77. The van der Waals surface area contributed by atoms with Crippen LogP contribution in [0.5, 0.6) is 0 Å². The third-order valence-corrected chi connectivity index (χ3v) is 3.94. The molecule has 102 valence electrons. The van der Waals surface area contributed by atoms with Crippen molar-refractivity contribution in [1.29, 1.82) is 0 Å². The molecule has 18 heavy (non-hydrogen) atoms. The highest BCUT2D eigenvalue weighted by Gasteiger charge is 2.25. The van der Waals surface area contributed by atoms with E-state index in [2.05, 4.69) is 42.1 Å². The highest BCUT2D eigenvalue weighted by molar-refractivity contribution is 5.04. The number of rotatable bonds is 5. The van der Waals surface area contributed by atoms with E-state index in [9.17, 15) is 0 Å². The maximum Gasteiger partial charge on any atom is 0.0534 e. The summed E-state index contributed by atoms with van der Waals surface area (Å²) in [5.41, 5.74) is 1.31. The summed E-state index contributed by atoms with van der Waals surface area (Å²) in [4.78, 5) is 0. The van der Waals surface area contributed by atoms with E-state index in [4.69, 9.17) is 0 Å². The van der Waals surface area contributed by atoms with Crippen molar-refractivity contribution >= 4 is 0 Å². The fraction of sp³-hybridized carbons (Fsp3) is 0.800. The maximum atomic E-state index is 4.56. The lowest BCUT2D eigenvalue weighted by molar-refractivity contribution is 0.210. The zero-order valence-corrected chi connectivity index (χ0v) is 12.0. The van der Waals surface area contributed by atoms with Gasteiger partial charge in [0, 0.05) is 18.3 Å². The Hall–Kier alpha value is -0.830. The zero-order valence-electron chi connectivity index (χ0n) is 12.0. The molecular weight excluding hydrogens is 222 g/mol. The van der Waals surface area contributed by atoms with Gasteiger partial charge < -0.3 is 5.32 Å². The van der Waals surface area contributed by atoms with Crippen LogP contribution in [-0.4, -0.2) is 16.3 Å². The Morgan fingerprint density at radius 1 is 1.28 bits per heavy atom. The third-order valence-electron chi connectivity index (χ3n) is 3.94. The molecule has 1 aliphatic carbocycles. The minimum absolute atomic E-state index is 0.615. The summed E-state index contributed by atoms with van der Waals surface area (Å²) >= 11 is 0. The number of nitrogens with zero attached hydrogens (tertiary/aromatic N) is 2. The number of aromatic nitrogens is 2. The van der Waals surface area contributed by atoms with Crippen LogP contribution in [0.15, 0.2) is 12.4 Å². The smallest absolute Gasteiger partial charge is 0.0534 e. The van der Waals surface area contributed by atoms with Crippen molar-refractivity contribution in [1.82, 2.24) is 15.1 Å². The summed E-state index contributed by atoms with van der Waals surface area (Å²) in [7, 11) is 0. The second-order valence-electron chi connectivity index (χ2n) is 6.08. The average molecular weight is 249 g/mol. The molecule has 0 aliphatic heterocycles. The van der Waals surface area contributed by atoms with E-state index in [1.165, 1.54) is 31.2 Å². The molecule has 2 unspecified atom stereocenters. The van der Waals surface area contributed by atoms with Crippen LogP contribution >= 0.6 is 0 Å². The van der Waals surface area contributed by atoms with Gasteiger partial charge in [-0.25, -0.2) is 0 Å². The van der Waals surface area contributed by atoms with Crippen molar-refractivity contribution in [3.63, 3.8) is 0 Å². The number of hydrogen-bond acceptors (Lipinski definition) is 2. The fourth-order valence-corrected chi connectivity index (χ4v) is 3.20.